The molecule has 0 aliphatic carbocycles. The van der Waals surface area contributed by atoms with Crippen LogP contribution >= 0.6 is 11.3 Å². The number of anilines is 2. The number of aromatic nitrogens is 3. The van der Waals surface area contributed by atoms with E-state index >= 15 is 0 Å². The second kappa shape index (κ2) is 11.2. The van der Waals surface area contributed by atoms with Gasteiger partial charge in [-0.05, 0) is 43.3 Å². The van der Waals surface area contributed by atoms with Gasteiger partial charge in [0.15, 0.2) is 10.1 Å². The molecule has 7 nitrogen and oxygen atoms in total. The number of hydrogen-bond acceptors (Lipinski definition) is 7. The minimum absolute atomic E-state index is 0.416. The summed E-state index contributed by atoms with van der Waals surface area (Å²) in [6.07, 6.45) is 0. The van der Waals surface area contributed by atoms with Crippen molar-refractivity contribution in [1.29, 1.82) is 5.26 Å². The molecule has 1 N–H and O–H groups in total. The van der Waals surface area contributed by atoms with Gasteiger partial charge >= 0.3 is 0 Å². The lowest BCUT2D eigenvalue weighted by Crippen LogP contribution is -1.99. The lowest BCUT2D eigenvalue weighted by Gasteiger charge is -2.08. The summed E-state index contributed by atoms with van der Waals surface area (Å²) in [4.78, 5) is 4.88. The Bertz CT molecular complexity index is 1820. The largest absolute Gasteiger partial charge is 0.331 e. The smallest absolute Gasteiger partial charge is 0.189 e. The minimum Gasteiger partial charge on any atom is -0.331 e. The number of thiazole rings is 1. The fourth-order valence-electron chi connectivity index (χ4n) is 4.26. The molecule has 0 atom stereocenters. The molecule has 0 spiro atoms. The van der Waals surface area contributed by atoms with Crippen LogP contribution in [0.2, 0.25) is 0 Å². The number of nitriles is 1. The quantitative estimate of drug-likeness (QED) is 0.206. The van der Waals surface area contributed by atoms with Gasteiger partial charge in [-0.15, -0.1) is 10.2 Å². The van der Waals surface area contributed by atoms with Gasteiger partial charge in [0.25, 0.3) is 0 Å². The van der Waals surface area contributed by atoms with Crippen molar-refractivity contribution in [2.24, 2.45) is 10.2 Å². The topological polar surface area (TPSA) is 91.2 Å². The lowest BCUT2D eigenvalue weighted by atomic mass is 10.0. The van der Waals surface area contributed by atoms with Crippen LogP contribution in [0, 0.1) is 18.3 Å². The first-order valence-corrected chi connectivity index (χ1v) is 13.5. The summed E-state index contributed by atoms with van der Waals surface area (Å²) in [7, 11) is 0. The number of hydrogen-bond donors (Lipinski definition) is 1. The molecule has 0 saturated carbocycles. The van der Waals surface area contributed by atoms with Gasteiger partial charge in [0.2, 0.25) is 0 Å². The molecule has 40 heavy (non-hydrogen) atoms. The van der Waals surface area contributed by atoms with Crippen molar-refractivity contribution in [3.05, 3.63) is 126 Å². The normalized spacial score (nSPS) is 11.0. The first-order chi connectivity index (χ1) is 19.7. The highest BCUT2D eigenvalue weighted by Crippen LogP contribution is 2.43. The van der Waals surface area contributed by atoms with E-state index < -0.39 is 0 Å². The molecule has 0 radical (unpaired) electrons. The molecule has 8 heteroatoms. The molecule has 0 bridgehead atoms. The lowest BCUT2D eigenvalue weighted by molar-refractivity contribution is 0.889. The van der Waals surface area contributed by atoms with Crippen LogP contribution in [0.1, 0.15) is 11.1 Å². The van der Waals surface area contributed by atoms with E-state index in [9.17, 15) is 5.26 Å². The van der Waals surface area contributed by atoms with Crippen LogP contribution < -0.4 is 5.32 Å². The number of aryl methyl sites for hydroxylation is 1. The van der Waals surface area contributed by atoms with Crippen LogP contribution in [0.3, 0.4) is 0 Å². The Morgan fingerprint density at radius 3 is 2.10 bits per heavy atom. The number of rotatable bonds is 7. The van der Waals surface area contributed by atoms with Gasteiger partial charge in [0, 0.05) is 11.3 Å². The molecule has 2 heterocycles. The highest BCUT2D eigenvalue weighted by molar-refractivity contribution is 7.19. The maximum Gasteiger partial charge on any atom is 0.189 e. The van der Waals surface area contributed by atoms with E-state index in [2.05, 4.69) is 21.6 Å². The van der Waals surface area contributed by atoms with Crippen molar-refractivity contribution < 1.29 is 0 Å². The van der Waals surface area contributed by atoms with Crippen molar-refractivity contribution >= 4 is 32.8 Å². The molecule has 6 aromatic rings. The van der Waals surface area contributed by atoms with Crippen molar-refractivity contribution in [1.82, 2.24) is 14.8 Å². The SMILES string of the molecule is Cc1ccc(-n2nc(-c3nc(Nc4ccccc4)sc3N=Nc3ccccc3)c(C#N)c2-c2ccccc2)cc1. The summed E-state index contributed by atoms with van der Waals surface area (Å²) >= 11 is 1.36. The minimum atomic E-state index is 0.416. The summed E-state index contributed by atoms with van der Waals surface area (Å²) < 4.78 is 1.81. The van der Waals surface area contributed by atoms with E-state index in [-0.39, 0.29) is 0 Å². The molecule has 0 aliphatic rings. The molecule has 0 aliphatic heterocycles. The Morgan fingerprint density at radius 1 is 0.775 bits per heavy atom. The number of nitrogens with zero attached hydrogens (tertiary/aromatic N) is 6. The summed E-state index contributed by atoms with van der Waals surface area (Å²) in [5.41, 5.74) is 6.51. The standard InChI is InChI=1S/C32H23N7S/c1-22-17-19-26(20-18-22)39-30(23-11-5-2-6-12-23)27(21-33)28(38-39)29-31(37-36-25-15-9-4-10-16-25)40-32(35-29)34-24-13-7-3-8-14-24/h2-20H,1H3,(H,34,35). The van der Waals surface area contributed by atoms with E-state index in [0.717, 1.165) is 28.2 Å². The van der Waals surface area contributed by atoms with Crippen molar-refractivity contribution in [2.75, 3.05) is 5.32 Å². The molecule has 192 valence electrons. The monoisotopic (exact) mass is 537 g/mol. The maximum absolute atomic E-state index is 10.5. The second-order valence-corrected chi connectivity index (χ2v) is 9.97. The van der Waals surface area contributed by atoms with E-state index in [4.69, 9.17) is 10.1 Å². The maximum atomic E-state index is 10.5. The van der Waals surface area contributed by atoms with Gasteiger partial charge in [-0.2, -0.15) is 10.4 Å². The summed E-state index contributed by atoms with van der Waals surface area (Å²) in [5.74, 6) is 0. The number of para-hydroxylation sites is 1. The van der Waals surface area contributed by atoms with Crippen molar-refractivity contribution in [3.63, 3.8) is 0 Å². The molecule has 4 aromatic carbocycles. The summed E-state index contributed by atoms with van der Waals surface area (Å²) in [6, 6.07) is 39.6. The Morgan fingerprint density at radius 2 is 1.43 bits per heavy atom. The molecule has 0 fully saturated rings. The third kappa shape index (κ3) is 5.14. The van der Waals surface area contributed by atoms with Gasteiger partial charge in [-0.25, -0.2) is 9.67 Å². The third-order valence-electron chi connectivity index (χ3n) is 6.19. The second-order valence-electron chi connectivity index (χ2n) is 9.00. The van der Waals surface area contributed by atoms with E-state index in [1.807, 2.05) is 127 Å². The highest BCUT2D eigenvalue weighted by Gasteiger charge is 2.26. The number of azo groups is 1. The van der Waals surface area contributed by atoms with E-state index in [1.165, 1.54) is 11.3 Å². The van der Waals surface area contributed by atoms with Crippen LogP contribution in [0.15, 0.2) is 125 Å². The zero-order valence-corrected chi connectivity index (χ0v) is 22.4. The Hall–Kier alpha value is -5.39. The average molecular weight is 538 g/mol. The van der Waals surface area contributed by atoms with Crippen LogP contribution in [0.4, 0.5) is 21.5 Å². The molecule has 2 aromatic heterocycles. The Kier molecular flexibility index (Phi) is 6.95. The molecule has 0 unspecified atom stereocenters. The molecule has 0 saturated heterocycles. The van der Waals surface area contributed by atoms with Gasteiger partial charge in [0.05, 0.1) is 17.1 Å². The first-order valence-electron chi connectivity index (χ1n) is 12.7. The predicted molar refractivity (Wildman–Crippen MR) is 160 cm³/mol. The number of nitrogens with one attached hydrogen (secondary N) is 1. The van der Waals surface area contributed by atoms with E-state index in [1.54, 1.807) is 0 Å². The van der Waals surface area contributed by atoms with Crippen molar-refractivity contribution in [2.45, 2.75) is 6.92 Å². The highest BCUT2D eigenvalue weighted by atomic mass is 32.1. The van der Waals surface area contributed by atoms with Crippen LogP contribution in [-0.4, -0.2) is 14.8 Å². The summed E-state index contributed by atoms with van der Waals surface area (Å²) in [6.45, 7) is 2.04. The summed E-state index contributed by atoms with van der Waals surface area (Å²) in [5, 5.41) is 29.0. The van der Waals surface area contributed by atoms with Gasteiger partial charge in [-0.1, -0.05) is 95.8 Å². The van der Waals surface area contributed by atoms with Crippen molar-refractivity contribution in [3.8, 4) is 34.4 Å². The zero-order valence-electron chi connectivity index (χ0n) is 21.6. The third-order valence-corrected chi connectivity index (χ3v) is 7.05. The molecule has 6 rings (SSSR count). The van der Waals surface area contributed by atoms with Crippen LogP contribution in [0.5, 0.6) is 0 Å². The molecular weight excluding hydrogens is 514 g/mol. The predicted octanol–water partition coefficient (Wildman–Crippen LogP) is 9.00. The van der Waals surface area contributed by atoms with Gasteiger partial charge in [0.1, 0.15) is 23.0 Å². The fraction of sp³-hybridized carbons (Fsp3) is 0.0312. The average Bonchev–Trinajstić information content (AvgIpc) is 3.59. The zero-order chi connectivity index (χ0) is 27.3. The Labute approximate surface area is 235 Å². The molecule has 0 amide bonds. The molecular formula is C32H23N7S. The van der Waals surface area contributed by atoms with Gasteiger partial charge < -0.3 is 5.32 Å². The van der Waals surface area contributed by atoms with Crippen LogP contribution in [0.25, 0.3) is 28.3 Å². The van der Waals surface area contributed by atoms with E-state index in [0.29, 0.717) is 32.8 Å². The number of benzene rings is 4. The van der Waals surface area contributed by atoms with Gasteiger partial charge in [-0.3, -0.25) is 0 Å². The Balaban J connectivity index is 1.55. The first kappa shape index (κ1) is 24.9. The fourth-order valence-corrected chi connectivity index (χ4v) is 5.07. The van der Waals surface area contributed by atoms with Crippen LogP contribution in [-0.2, 0) is 0 Å².